The van der Waals surface area contributed by atoms with Gasteiger partial charge in [0, 0.05) is 42.5 Å². The number of piperazine rings is 1. The Bertz CT molecular complexity index is 1270. The van der Waals surface area contributed by atoms with Crippen molar-refractivity contribution in [2.45, 2.75) is 0 Å². The summed E-state index contributed by atoms with van der Waals surface area (Å²) in [7, 11) is 0. The Balaban J connectivity index is 1.21. The van der Waals surface area contributed by atoms with E-state index in [-0.39, 0.29) is 11.8 Å². The van der Waals surface area contributed by atoms with Crippen LogP contribution in [-0.4, -0.2) is 58.0 Å². The van der Waals surface area contributed by atoms with E-state index in [4.69, 9.17) is 0 Å². The number of benzene rings is 2. The number of nitrogens with zero attached hydrogens (tertiary/aromatic N) is 3. The molecule has 0 unspecified atom stereocenters. The van der Waals surface area contributed by atoms with Gasteiger partial charge in [0.05, 0.1) is 16.8 Å². The first kappa shape index (κ1) is 20.2. The summed E-state index contributed by atoms with van der Waals surface area (Å²) in [5.41, 5.74) is 4.27. The van der Waals surface area contributed by atoms with Crippen molar-refractivity contribution in [2.75, 3.05) is 26.2 Å². The summed E-state index contributed by atoms with van der Waals surface area (Å²) in [5, 5.41) is 12.2. The van der Waals surface area contributed by atoms with Gasteiger partial charge < -0.3 is 9.80 Å². The van der Waals surface area contributed by atoms with E-state index in [2.05, 4.69) is 10.2 Å². The van der Waals surface area contributed by atoms with Crippen LogP contribution in [0.4, 0.5) is 0 Å². The third kappa shape index (κ3) is 4.07. The summed E-state index contributed by atoms with van der Waals surface area (Å²) >= 11 is 1.52. The fourth-order valence-electron chi connectivity index (χ4n) is 3.89. The lowest BCUT2D eigenvalue weighted by Crippen LogP contribution is -2.50. The molecule has 0 aliphatic carbocycles. The van der Waals surface area contributed by atoms with Crippen molar-refractivity contribution in [3.05, 3.63) is 87.7 Å². The number of nitrogens with one attached hydrogen (secondary N) is 1. The zero-order chi connectivity index (χ0) is 21.9. The van der Waals surface area contributed by atoms with Crippen molar-refractivity contribution >= 4 is 46.2 Å². The van der Waals surface area contributed by atoms with Gasteiger partial charge in [-0.05, 0) is 41.3 Å². The van der Waals surface area contributed by atoms with Gasteiger partial charge in [0.2, 0.25) is 0 Å². The number of aromatic nitrogens is 2. The average molecular weight is 443 g/mol. The number of hydrogen-bond donors (Lipinski definition) is 1. The number of amides is 2. The van der Waals surface area contributed by atoms with Crippen LogP contribution >= 0.6 is 11.3 Å². The van der Waals surface area contributed by atoms with Crippen LogP contribution < -0.4 is 0 Å². The van der Waals surface area contributed by atoms with E-state index in [1.807, 2.05) is 87.3 Å². The molecule has 0 atom stereocenters. The van der Waals surface area contributed by atoms with E-state index in [1.54, 1.807) is 0 Å². The second-order valence-corrected chi connectivity index (χ2v) is 8.49. The zero-order valence-corrected chi connectivity index (χ0v) is 18.2. The highest BCUT2D eigenvalue weighted by Crippen LogP contribution is 2.18. The predicted octanol–water partition coefficient (Wildman–Crippen LogP) is 4.39. The van der Waals surface area contributed by atoms with Crippen LogP contribution in [0.25, 0.3) is 23.1 Å². The minimum atomic E-state index is 0.00135. The van der Waals surface area contributed by atoms with Gasteiger partial charge in [0.1, 0.15) is 0 Å². The van der Waals surface area contributed by atoms with Crippen molar-refractivity contribution in [2.24, 2.45) is 0 Å². The quantitative estimate of drug-likeness (QED) is 0.510. The monoisotopic (exact) mass is 442 g/mol. The van der Waals surface area contributed by atoms with Crippen LogP contribution in [0.15, 0.2) is 65.4 Å². The molecule has 4 aromatic rings. The summed E-state index contributed by atoms with van der Waals surface area (Å²) in [6.07, 6.45) is 3.96. The summed E-state index contributed by atoms with van der Waals surface area (Å²) in [5.74, 6) is 0.0423. The Kier molecular flexibility index (Phi) is 5.56. The highest BCUT2D eigenvalue weighted by molar-refractivity contribution is 7.08. The molecule has 160 valence electrons. The van der Waals surface area contributed by atoms with Crippen molar-refractivity contribution in [1.29, 1.82) is 0 Å². The van der Waals surface area contributed by atoms with E-state index in [1.165, 1.54) is 11.3 Å². The third-order valence-corrected chi connectivity index (χ3v) is 6.40. The first-order valence-corrected chi connectivity index (χ1v) is 11.5. The molecule has 0 radical (unpaired) electrons. The van der Waals surface area contributed by atoms with Crippen molar-refractivity contribution in [3.8, 4) is 0 Å². The van der Waals surface area contributed by atoms with Crippen LogP contribution in [0.2, 0.25) is 0 Å². The maximum atomic E-state index is 12.9. The molecule has 1 aliphatic rings. The topological polar surface area (TPSA) is 69.3 Å². The lowest BCUT2D eigenvalue weighted by Gasteiger charge is -2.34. The maximum Gasteiger partial charge on any atom is 0.254 e. The molecular weight excluding hydrogens is 420 g/mol. The highest BCUT2D eigenvalue weighted by Gasteiger charge is 2.25. The molecule has 0 bridgehead atoms. The molecule has 0 spiro atoms. The van der Waals surface area contributed by atoms with Gasteiger partial charge >= 0.3 is 0 Å². The lowest BCUT2D eigenvalue weighted by molar-refractivity contribution is 0.0536. The summed E-state index contributed by atoms with van der Waals surface area (Å²) in [4.78, 5) is 29.0. The molecule has 1 fully saturated rings. The van der Waals surface area contributed by atoms with Crippen LogP contribution in [0.5, 0.6) is 0 Å². The third-order valence-electron chi connectivity index (χ3n) is 5.71. The number of fused-ring (bicyclic) bond motifs is 1. The van der Waals surface area contributed by atoms with Crippen LogP contribution in [-0.2, 0) is 0 Å². The molecule has 1 saturated heterocycles. The normalized spacial score (nSPS) is 14.4. The van der Waals surface area contributed by atoms with E-state index >= 15 is 0 Å². The molecule has 2 amide bonds. The van der Waals surface area contributed by atoms with Gasteiger partial charge in [-0.1, -0.05) is 36.4 Å². The number of para-hydroxylation sites is 1. The average Bonchev–Trinajstić information content (AvgIpc) is 3.53. The Morgan fingerprint density at radius 2 is 1.53 bits per heavy atom. The molecule has 2 aromatic carbocycles. The van der Waals surface area contributed by atoms with Gasteiger partial charge in [-0.15, -0.1) is 0 Å². The smallest absolute Gasteiger partial charge is 0.254 e. The Labute approximate surface area is 189 Å². The molecule has 32 heavy (non-hydrogen) atoms. The number of carbonyl (C=O) groups excluding carboxylic acids is 2. The Morgan fingerprint density at radius 3 is 2.22 bits per heavy atom. The van der Waals surface area contributed by atoms with Gasteiger partial charge in [-0.25, -0.2) is 0 Å². The largest absolute Gasteiger partial charge is 0.335 e. The van der Waals surface area contributed by atoms with E-state index in [0.29, 0.717) is 31.7 Å². The highest BCUT2D eigenvalue weighted by atomic mass is 32.1. The SMILES string of the molecule is O=C(c1ccc(C=Cc2n[nH]c3ccccc23)cc1)N1CCN(C(=O)c2ccsc2)CC1. The molecule has 5 rings (SSSR count). The molecular formula is C25H22N4O2S. The molecule has 3 heterocycles. The number of H-pyrrole nitrogens is 1. The molecule has 1 N–H and O–H groups in total. The number of rotatable bonds is 4. The molecule has 6 nitrogen and oxygen atoms in total. The van der Waals surface area contributed by atoms with Crippen LogP contribution in [0, 0.1) is 0 Å². The fourth-order valence-corrected chi connectivity index (χ4v) is 4.52. The number of aromatic amines is 1. The molecule has 7 heteroatoms. The summed E-state index contributed by atoms with van der Waals surface area (Å²) < 4.78 is 0. The molecule has 1 aliphatic heterocycles. The maximum absolute atomic E-state index is 12.9. The standard InChI is InChI=1S/C25H22N4O2S/c30-24(28-12-14-29(15-13-28)25(31)20-11-16-32-17-20)19-8-5-18(6-9-19)7-10-23-21-3-1-2-4-22(21)26-27-23/h1-11,16-17H,12-15H2,(H,26,27). The van der Waals surface area contributed by atoms with E-state index < -0.39 is 0 Å². The van der Waals surface area contributed by atoms with E-state index in [9.17, 15) is 9.59 Å². The number of thiophene rings is 1. The second-order valence-electron chi connectivity index (χ2n) is 7.71. The predicted molar refractivity (Wildman–Crippen MR) is 128 cm³/mol. The van der Waals surface area contributed by atoms with Gasteiger partial charge in [0.15, 0.2) is 0 Å². The minimum absolute atomic E-state index is 0.00135. The van der Waals surface area contributed by atoms with Gasteiger partial charge in [-0.2, -0.15) is 16.4 Å². The first-order chi connectivity index (χ1) is 15.7. The summed E-state index contributed by atoms with van der Waals surface area (Å²) in [6, 6.07) is 17.4. The number of carbonyl (C=O) groups is 2. The van der Waals surface area contributed by atoms with Crippen molar-refractivity contribution < 1.29 is 9.59 Å². The van der Waals surface area contributed by atoms with Crippen molar-refractivity contribution in [3.63, 3.8) is 0 Å². The lowest BCUT2D eigenvalue weighted by atomic mass is 10.1. The molecule has 2 aromatic heterocycles. The molecule has 0 saturated carbocycles. The Morgan fingerprint density at radius 1 is 0.844 bits per heavy atom. The Hall–Kier alpha value is -3.71. The second kappa shape index (κ2) is 8.80. The van der Waals surface area contributed by atoms with Crippen LogP contribution in [0.1, 0.15) is 32.0 Å². The van der Waals surface area contributed by atoms with E-state index in [0.717, 1.165) is 27.7 Å². The van der Waals surface area contributed by atoms with Crippen molar-refractivity contribution in [1.82, 2.24) is 20.0 Å². The van der Waals surface area contributed by atoms with Gasteiger partial charge in [-0.3, -0.25) is 14.7 Å². The summed E-state index contributed by atoms with van der Waals surface area (Å²) in [6.45, 7) is 2.20. The first-order valence-electron chi connectivity index (χ1n) is 10.5. The van der Waals surface area contributed by atoms with Gasteiger partial charge in [0.25, 0.3) is 11.8 Å². The number of hydrogen-bond acceptors (Lipinski definition) is 4. The minimum Gasteiger partial charge on any atom is -0.335 e. The van der Waals surface area contributed by atoms with Crippen LogP contribution in [0.3, 0.4) is 0 Å². The fraction of sp³-hybridized carbons (Fsp3) is 0.160. The zero-order valence-electron chi connectivity index (χ0n) is 17.4.